The van der Waals surface area contributed by atoms with Gasteiger partial charge in [-0.1, -0.05) is 0 Å². The van der Waals surface area contributed by atoms with Crippen LogP contribution in [-0.2, 0) is 6.54 Å². The molecule has 1 aliphatic rings. The van der Waals surface area contributed by atoms with Crippen LogP contribution in [0, 0.1) is 6.92 Å². The molecule has 0 amide bonds. The zero-order valence-corrected chi connectivity index (χ0v) is 9.83. The number of pyridine rings is 1. The van der Waals surface area contributed by atoms with Gasteiger partial charge in [-0.15, -0.1) is 0 Å². The molecule has 3 rings (SSSR count). The molecule has 0 aliphatic heterocycles. The molecule has 0 bridgehead atoms. The van der Waals surface area contributed by atoms with Gasteiger partial charge in [-0.25, -0.2) is 4.98 Å². The molecule has 1 aliphatic carbocycles. The summed E-state index contributed by atoms with van der Waals surface area (Å²) in [6, 6.07) is 4.34. The van der Waals surface area contributed by atoms with Crippen LogP contribution in [0.4, 0.5) is 0 Å². The topological polar surface area (TPSA) is 29.3 Å². The van der Waals surface area contributed by atoms with Crippen molar-refractivity contribution >= 4 is 5.65 Å². The summed E-state index contributed by atoms with van der Waals surface area (Å²) < 4.78 is 2.20. The molecule has 2 aromatic heterocycles. The van der Waals surface area contributed by atoms with Gasteiger partial charge in [-0.3, -0.25) is 0 Å². The third-order valence-corrected chi connectivity index (χ3v) is 3.31. The highest BCUT2D eigenvalue weighted by atomic mass is 15.0. The van der Waals surface area contributed by atoms with E-state index in [9.17, 15) is 0 Å². The summed E-state index contributed by atoms with van der Waals surface area (Å²) in [6.45, 7) is 3.08. The Morgan fingerprint density at radius 3 is 3.00 bits per heavy atom. The number of aryl methyl sites for hydroxylation is 1. The number of imidazole rings is 1. The van der Waals surface area contributed by atoms with E-state index < -0.39 is 0 Å². The van der Waals surface area contributed by atoms with E-state index in [0.29, 0.717) is 0 Å². The maximum Gasteiger partial charge on any atom is 0.137 e. The molecular formula is C13H17N3. The number of nitrogens with one attached hydrogen (secondary N) is 1. The van der Waals surface area contributed by atoms with Crippen molar-refractivity contribution in [3.8, 4) is 0 Å². The SMILES string of the molecule is CNCc1ccn2c(C)c(C3CC3)nc2c1. The fourth-order valence-electron chi connectivity index (χ4n) is 2.29. The smallest absolute Gasteiger partial charge is 0.137 e. The quantitative estimate of drug-likeness (QED) is 0.850. The van der Waals surface area contributed by atoms with Crippen LogP contribution in [0.15, 0.2) is 18.3 Å². The van der Waals surface area contributed by atoms with Crippen LogP contribution in [0.5, 0.6) is 0 Å². The Kier molecular flexibility index (Phi) is 2.21. The van der Waals surface area contributed by atoms with Gasteiger partial charge in [0, 0.05) is 24.4 Å². The summed E-state index contributed by atoms with van der Waals surface area (Å²) in [6.07, 6.45) is 4.76. The highest BCUT2D eigenvalue weighted by molar-refractivity contribution is 5.47. The fraction of sp³-hybridized carbons (Fsp3) is 0.462. The van der Waals surface area contributed by atoms with Gasteiger partial charge in [0.25, 0.3) is 0 Å². The summed E-state index contributed by atoms with van der Waals surface area (Å²) >= 11 is 0. The molecule has 3 nitrogen and oxygen atoms in total. The van der Waals surface area contributed by atoms with E-state index in [1.807, 2.05) is 7.05 Å². The van der Waals surface area contributed by atoms with Crippen molar-refractivity contribution in [3.05, 3.63) is 35.3 Å². The molecule has 1 N–H and O–H groups in total. The summed E-state index contributed by atoms with van der Waals surface area (Å²) in [4.78, 5) is 4.75. The zero-order chi connectivity index (χ0) is 11.1. The average Bonchev–Trinajstić information content (AvgIpc) is 3.06. The lowest BCUT2D eigenvalue weighted by Crippen LogP contribution is -2.05. The maximum atomic E-state index is 4.75. The Bertz CT molecular complexity index is 523. The average molecular weight is 215 g/mol. The highest BCUT2D eigenvalue weighted by Gasteiger charge is 2.28. The minimum atomic E-state index is 0.729. The lowest BCUT2D eigenvalue weighted by atomic mass is 10.2. The van der Waals surface area contributed by atoms with Crippen molar-refractivity contribution in [2.24, 2.45) is 0 Å². The van der Waals surface area contributed by atoms with Gasteiger partial charge < -0.3 is 9.72 Å². The van der Waals surface area contributed by atoms with Crippen LogP contribution in [0.25, 0.3) is 5.65 Å². The van der Waals surface area contributed by atoms with Crippen LogP contribution in [0.3, 0.4) is 0 Å². The lowest BCUT2D eigenvalue weighted by Gasteiger charge is -2.01. The molecule has 0 unspecified atom stereocenters. The van der Waals surface area contributed by atoms with E-state index in [-0.39, 0.29) is 0 Å². The second kappa shape index (κ2) is 3.59. The van der Waals surface area contributed by atoms with E-state index in [2.05, 4.69) is 35.0 Å². The Labute approximate surface area is 95.5 Å². The minimum absolute atomic E-state index is 0.729. The second-order valence-corrected chi connectivity index (χ2v) is 4.65. The summed E-state index contributed by atoms with van der Waals surface area (Å²) in [5.41, 5.74) is 5.00. The van der Waals surface area contributed by atoms with Gasteiger partial charge in [0.15, 0.2) is 0 Å². The number of fused-ring (bicyclic) bond motifs is 1. The molecule has 2 heterocycles. The number of hydrogen-bond acceptors (Lipinski definition) is 2. The van der Waals surface area contributed by atoms with Crippen LogP contribution in [0.1, 0.15) is 35.7 Å². The van der Waals surface area contributed by atoms with Crippen molar-refractivity contribution in [1.82, 2.24) is 14.7 Å². The predicted octanol–water partition coefficient (Wildman–Crippen LogP) is 2.24. The number of nitrogens with zero attached hydrogens (tertiary/aromatic N) is 2. The minimum Gasteiger partial charge on any atom is -0.316 e. The van der Waals surface area contributed by atoms with Gasteiger partial charge >= 0.3 is 0 Å². The van der Waals surface area contributed by atoms with Gasteiger partial charge in [-0.05, 0) is 44.5 Å². The molecule has 0 atom stereocenters. The first kappa shape index (κ1) is 9.85. The molecular weight excluding hydrogens is 198 g/mol. The summed E-state index contributed by atoms with van der Waals surface area (Å²) in [7, 11) is 1.97. The second-order valence-electron chi connectivity index (χ2n) is 4.65. The highest BCUT2D eigenvalue weighted by Crippen LogP contribution is 2.41. The van der Waals surface area contributed by atoms with E-state index in [1.54, 1.807) is 0 Å². The third-order valence-electron chi connectivity index (χ3n) is 3.31. The third kappa shape index (κ3) is 1.52. The van der Waals surface area contributed by atoms with E-state index >= 15 is 0 Å². The van der Waals surface area contributed by atoms with Crippen molar-refractivity contribution in [1.29, 1.82) is 0 Å². The number of hydrogen-bond donors (Lipinski definition) is 1. The van der Waals surface area contributed by atoms with Crippen molar-refractivity contribution in [3.63, 3.8) is 0 Å². The van der Waals surface area contributed by atoms with E-state index in [4.69, 9.17) is 4.98 Å². The number of aromatic nitrogens is 2. The van der Waals surface area contributed by atoms with Crippen molar-refractivity contribution in [2.75, 3.05) is 7.05 Å². The van der Waals surface area contributed by atoms with E-state index in [1.165, 1.54) is 29.8 Å². The number of rotatable bonds is 3. The zero-order valence-electron chi connectivity index (χ0n) is 9.83. The Morgan fingerprint density at radius 1 is 1.50 bits per heavy atom. The van der Waals surface area contributed by atoms with Gasteiger partial charge in [0.1, 0.15) is 5.65 Å². The first-order chi connectivity index (χ1) is 7.79. The lowest BCUT2D eigenvalue weighted by molar-refractivity contribution is 0.816. The Balaban J connectivity index is 2.09. The molecule has 1 fully saturated rings. The van der Waals surface area contributed by atoms with Gasteiger partial charge in [0.2, 0.25) is 0 Å². The molecule has 1 saturated carbocycles. The summed E-state index contributed by atoms with van der Waals surface area (Å²) in [5.74, 6) is 0.729. The molecule has 3 heteroatoms. The molecule has 84 valence electrons. The molecule has 0 saturated heterocycles. The first-order valence-corrected chi connectivity index (χ1v) is 5.91. The maximum absolute atomic E-state index is 4.75. The van der Waals surface area contributed by atoms with Crippen molar-refractivity contribution < 1.29 is 0 Å². The standard InChI is InChI=1S/C13H17N3/c1-9-13(11-3-4-11)15-12-7-10(8-14-2)5-6-16(9)12/h5-7,11,14H,3-4,8H2,1-2H3. The largest absolute Gasteiger partial charge is 0.316 e. The molecule has 0 aromatic carbocycles. The Morgan fingerprint density at radius 2 is 2.31 bits per heavy atom. The first-order valence-electron chi connectivity index (χ1n) is 5.91. The van der Waals surface area contributed by atoms with Crippen LogP contribution in [-0.4, -0.2) is 16.4 Å². The molecule has 2 aromatic rings. The molecule has 16 heavy (non-hydrogen) atoms. The van der Waals surface area contributed by atoms with Crippen molar-refractivity contribution in [2.45, 2.75) is 32.2 Å². The van der Waals surface area contributed by atoms with Crippen LogP contribution in [0.2, 0.25) is 0 Å². The predicted molar refractivity (Wildman–Crippen MR) is 64.7 cm³/mol. The van der Waals surface area contributed by atoms with Gasteiger partial charge in [0.05, 0.1) is 5.69 Å². The van der Waals surface area contributed by atoms with Crippen LogP contribution >= 0.6 is 0 Å². The fourth-order valence-corrected chi connectivity index (χ4v) is 2.29. The summed E-state index contributed by atoms with van der Waals surface area (Å²) in [5, 5.41) is 3.17. The molecule has 0 radical (unpaired) electrons. The Hall–Kier alpha value is -1.35. The van der Waals surface area contributed by atoms with E-state index in [0.717, 1.165) is 18.1 Å². The van der Waals surface area contributed by atoms with Gasteiger partial charge in [-0.2, -0.15) is 0 Å². The normalized spacial score (nSPS) is 15.9. The molecule has 0 spiro atoms. The monoisotopic (exact) mass is 215 g/mol. The van der Waals surface area contributed by atoms with Crippen LogP contribution < -0.4 is 5.32 Å².